The molecule has 0 aliphatic carbocycles. The van der Waals surface area contributed by atoms with Crippen LogP contribution in [0.25, 0.3) is 10.9 Å². The smallest absolute Gasteiger partial charge is 0.258 e. The van der Waals surface area contributed by atoms with Gasteiger partial charge in [-0.2, -0.15) is 0 Å². The van der Waals surface area contributed by atoms with Crippen molar-refractivity contribution in [3.05, 3.63) is 28.3 Å². The molecule has 2 rings (SSSR count). The number of hydrogen-bond donors (Lipinski definition) is 1. The number of H-pyrrole nitrogens is 1. The predicted molar refractivity (Wildman–Crippen MR) is 114 cm³/mol. The molecule has 29 heavy (non-hydrogen) atoms. The second-order valence-electron chi connectivity index (χ2n) is 7.53. The molecule has 8 nitrogen and oxygen atoms in total. The quantitative estimate of drug-likeness (QED) is 0.691. The van der Waals surface area contributed by atoms with E-state index in [1.807, 2.05) is 44.4 Å². The second-order valence-corrected chi connectivity index (χ2v) is 7.53. The maximum Gasteiger partial charge on any atom is 0.258 e. The van der Waals surface area contributed by atoms with Gasteiger partial charge in [0.25, 0.3) is 5.56 Å². The number of ether oxygens (including phenoxy) is 2. The first-order valence-corrected chi connectivity index (χ1v) is 9.90. The van der Waals surface area contributed by atoms with Gasteiger partial charge in [0.05, 0.1) is 38.2 Å². The van der Waals surface area contributed by atoms with E-state index in [9.17, 15) is 9.59 Å². The number of likely N-dealkylation sites (N-methyl/N-ethyl adjacent to an activating group) is 1. The average molecular weight is 405 g/mol. The van der Waals surface area contributed by atoms with Gasteiger partial charge >= 0.3 is 0 Å². The number of fused-ring (bicyclic) bond motifs is 1. The first kappa shape index (κ1) is 22.7. The highest BCUT2D eigenvalue weighted by atomic mass is 16.5. The molecule has 1 N–H and O–H groups in total. The molecule has 0 saturated heterocycles. The summed E-state index contributed by atoms with van der Waals surface area (Å²) in [5.41, 5.74) is 0.272. The number of methoxy groups -OCH3 is 2. The van der Waals surface area contributed by atoms with Crippen LogP contribution in [0.1, 0.15) is 40.4 Å². The zero-order valence-electron chi connectivity index (χ0n) is 18.4. The number of aromatic amines is 1. The number of aromatic nitrogens is 2. The summed E-state index contributed by atoms with van der Waals surface area (Å²) in [5, 5.41) is 0.427. The third kappa shape index (κ3) is 5.26. The first-order valence-electron chi connectivity index (χ1n) is 9.90. The minimum absolute atomic E-state index is 0.0615. The number of nitrogens with zero attached hydrogens (tertiary/aromatic N) is 3. The van der Waals surface area contributed by atoms with Crippen LogP contribution >= 0.6 is 0 Å². The van der Waals surface area contributed by atoms with Crippen molar-refractivity contribution >= 4 is 16.8 Å². The highest BCUT2D eigenvalue weighted by molar-refractivity contribution is 5.82. The molecular weight excluding hydrogens is 372 g/mol. The van der Waals surface area contributed by atoms with Crippen molar-refractivity contribution in [1.29, 1.82) is 0 Å². The molecule has 1 aromatic carbocycles. The molecule has 2 aromatic rings. The molecule has 0 atom stereocenters. The van der Waals surface area contributed by atoms with Gasteiger partial charge in [-0.3, -0.25) is 14.5 Å². The van der Waals surface area contributed by atoms with Crippen LogP contribution in [0, 0.1) is 0 Å². The maximum absolute atomic E-state index is 12.8. The zero-order valence-corrected chi connectivity index (χ0v) is 18.4. The van der Waals surface area contributed by atoms with Crippen LogP contribution < -0.4 is 15.0 Å². The lowest BCUT2D eigenvalue weighted by molar-refractivity contribution is -0.136. The Morgan fingerprint density at radius 2 is 1.69 bits per heavy atom. The molecule has 1 amide bonds. The lowest BCUT2D eigenvalue weighted by atomic mass is 10.2. The Labute approximate surface area is 171 Å². The molecule has 0 aliphatic rings. The fraction of sp³-hybridized carbons (Fsp3) is 0.571. The summed E-state index contributed by atoms with van der Waals surface area (Å²) in [4.78, 5) is 36.6. The molecule has 1 aromatic heterocycles. The van der Waals surface area contributed by atoms with Gasteiger partial charge in [-0.1, -0.05) is 6.92 Å². The van der Waals surface area contributed by atoms with E-state index in [2.05, 4.69) is 9.97 Å². The molecule has 0 saturated carbocycles. The summed E-state index contributed by atoms with van der Waals surface area (Å²) in [6, 6.07) is 3.56. The molecule has 0 unspecified atom stereocenters. The van der Waals surface area contributed by atoms with Gasteiger partial charge in [0.1, 0.15) is 5.82 Å². The molecule has 0 aliphatic heterocycles. The average Bonchev–Trinajstić information content (AvgIpc) is 2.65. The SMILES string of the molecule is CCN(CC(=O)N(C(C)C)C(C)C)Cc1nc2cc(OC)c(OC)cc2c(=O)[nH]1. The third-order valence-corrected chi connectivity index (χ3v) is 4.84. The van der Waals surface area contributed by atoms with Crippen molar-refractivity contribution in [3.8, 4) is 11.5 Å². The van der Waals surface area contributed by atoms with Gasteiger partial charge in [0.15, 0.2) is 11.5 Å². The third-order valence-electron chi connectivity index (χ3n) is 4.84. The molecule has 1 heterocycles. The van der Waals surface area contributed by atoms with Gasteiger partial charge in [-0.15, -0.1) is 0 Å². The van der Waals surface area contributed by atoms with Gasteiger partial charge in [-0.05, 0) is 40.3 Å². The van der Waals surface area contributed by atoms with E-state index in [0.29, 0.717) is 41.3 Å². The van der Waals surface area contributed by atoms with Gasteiger partial charge in [0, 0.05) is 18.2 Å². The summed E-state index contributed by atoms with van der Waals surface area (Å²) < 4.78 is 10.6. The number of hydrogen-bond acceptors (Lipinski definition) is 6. The molecule has 0 fully saturated rings. The van der Waals surface area contributed by atoms with Crippen LogP contribution in [0.4, 0.5) is 0 Å². The predicted octanol–water partition coefficient (Wildman–Crippen LogP) is 2.41. The van der Waals surface area contributed by atoms with E-state index in [4.69, 9.17) is 9.47 Å². The van der Waals surface area contributed by atoms with Crippen LogP contribution in [0.15, 0.2) is 16.9 Å². The molecule has 0 radical (unpaired) electrons. The lowest BCUT2D eigenvalue weighted by Crippen LogP contribution is -2.47. The molecule has 8 heteroatoms. The Morgan fingerprint density at radius 3 is 2.21 bits per heavy atom. The van der Waals surface area contributed by atoms with Crippen LogP contribution in [0.2, 0.25) is 0 Å². The normalized spacial score (nSPS) is 11.5. The van der Waals surface area contributed by atoms with E-state index in [0.717, 1.165) is 0 Å². The van der Waals surface area contributed by atoms with Gasteiger partial charge in [0.2, 0.25) is 5.91 Å². The Hall–Kier alpha value is -2.61. The van der Waals surface area contributed by atoms with Crippen LogP contribution in [0.3, 0.4) is 0 Å². The molecule has 160 valence electrons. The summed E-state index contributed by atoms with van der Waals surface area (Å²) in [5.74, 6) is 1.55. The van der Waals surface area contributed by atoms with Crippen molar-refractivity contribution in [2.45, 2.75) is 53.2 Å². The highest BCUT2D eigenvalue weighted by Crippen LogP contribution is 2.29. The Kier molecular flexibility index (Phi) is 7.61. The zero-order chi connectivity index (χ0) is 21.7. The monoisotopic (exact) mass is 404 g/mol. The van der Waals surface area contributed by atoms with Crippen molar-refractivity contribution in [3.63, 3.8) is 0 Å². The highest BCUT2D eigenvalue weighted by Gasteiger charge is 2.22. The standard InChI is InChI=1S/C21H32N4O4/c1-8-24(12-20(26)25(13(2)3)14(4)5)11-19-22-16-10-18(29-7)17(28-6)9-15(16)21(27)23-19/h9-10,13-14H,8,11-12H2,1-7H3,(H,22,23,27). The van der Waals surface area contributed by atoms with Crippen molar-refractivity contribution in [1.82, 2.24) is 19.8 Å². The molecule has 0 spiro atoms. The topological polar surface area (TPSA) is 87.8 Å². The van der Waals surface area contributed by atoms with E-state index in [1.54, 1.807) is 12.1 Å². The molecular formula is C21H32N4O4. The Bertz CT molecular complexity index is 899. The Balaban J connectivity index is 2.29. The van der Waals surface area contributed by atoms with Crippen molar-refractivity contribution < 1.29 is 14.3 Å². The van der Waals surface area contributed by atoms with Crippen LogP contribution in [-0.4, -0.2) is 65.1 Å². The number of carbonyl (C=O) groups is 1. The second kappa shape index (κ2) is 9.73. The summed E-state index contributed by atoms with van der Waals surface area (Å²) in [6.45, 7) is 11.3. The van der Waals surface area contributed by atoms with Crippen LogP contribution in [-0.2, 0) is 11.3 Å². The molecule has 0 bridgehead atoms. The van der Waals surface area contributed by atoms with Crippen molar-refractivity contribution in [2.24, 2.45) is 0 Å². The summed E-state index contributed by atoms with van der Waals surface area (Å²) in [7, 11) is 3.06. The van der Waals surface area contributed by atoms with E-state index >= 15 is 0 Å². The van der Waals surface area contributed by atoms with E-state index in [-0.39, 0.29) is 30.1 Å². The number of benzene rings is 1. The number of nitrogens with one attached hydrogen (secondary N) is 1. The first-order chi connectivity index (χ1) is 13.7. The fourth-order valence-corrected chi connectivity index (χ4v) is 3.53. The summed E-state index contributed by atoms with van der Waals surface area (Å²) in [6.07, 6.45) is 0. The number of rotatable bonds is 9. The largest absolute Gasteiger partial charge is 0.493 e. The minimum atomic E-state index is -0.251. The van der Waals surface area contributed by atoms with Crippen LogP contribution in [0.5, 0.6) is 11.5 Å². The number of amides is 1. The lowest BCUT2D eigenvalue weighted by Gasteiger charge is -2.32. The Morgan fingerprint density at radius 1 is 1.10 bits per heavy atom. The van der Waals surface area contributed by atoms with E-state index < -0.39 is 0 Å². The van der Waals surface area contributed by atoms with Gasteiger partial charge in [-0.25, -0.2) is 4.98 Å². The van der Waals surface area contributed by atoms with E-state index in [1.165, 1.54) is 14.2 Å². The maximum atomic E-state index is 12.8. The minimum Gasteiger partial charge on any atom is -0.493 e. The van der Waals surface area contributed by atoms with Crippen molar-refractivity contribution in [2.75, 3.05) is 27.3 Å². The fourth-order valence-electron chi connectivity index (χ4n) is 3.53. The summed E-state index contributed by atoms with van der Waals surface area (Å²) >= 11 is 0. The van der Waals surface area contributed by atoms with Gasteiger partial charge < -0.3 is 19.4 Å². The number of carbonyl (C=O) groups excluding carboxylic acids is 1.